The molecule has 3 aromatic rings. The number of carbonyl (C=O) groups excluding carboxylic acids is 3. The molecule has 1 unspecified atom stereocenters. The quantitative estimate of drug-likeness (QED) is 0.522. The summed E-state index contributed by atoms with van der Waals surface area (Å²) in [5.41, 5.74) is 1.54. The van der Waals surface area contributed by atoms with Gasteiger partial charge in [0.25, 0.3) is 5.91 Å². The van der Waals surface area contributed by atoms with E-state index < -0.39 is 11.9 Å². The number of pyridine rings is 1. The van der Waals surface area contributed by atoms with Crippen LogP contribution in [0.1, 0.15) is 54.7 Å². The molecule has 1 saturated carbocycles. The topological polar surface area (TPSA) is 117 Å². The third-order valence-corrected chi connectivity index (χ3v) is 6.93. The van der Waals surface area contributed by atoms with Gasteiger partial charge in [-0.05, 0) is 42.5 Å². The number of aromatic nitrogens is 3. The summed E-state index contributed by atoms with van der Waals surface area (Å²) >= 11 is 0. The molecule has 2 aromatic heterocycles. The van der Waals surface area contributed by atoms with Crippen molar-refractivity contribution in [1.82, 2.24) is 25.2 Å². The molecule has 3 heterocycles. The van der Waals surface area contributed by atoms with E-state index in [1.54, 1.807) is 24.3 Å². The second-order valence-electron chi connectivity index (χ2n) is 9.32. The van der Waals surface area contributed by atoms with E-state index in [1.807, 2.05) is 28.8 Å². The number of carbonyl (C=O) groups is 3. The van der Waals surface area contributed by atoms with Crippen LogP contribution in [0.5, 0.6) is 0 Å². The average molecular weight is 461 g/mol. The summed E-state index contributed by atoms with van der Waals surface area (Å²) in [6, 6.07) is 11.7. The second kappa shape index (κ2) is 9.24. The molecule has 1 atom stereocenters. The van der Waals surface area contributed by atoms with Gasteiger partial charge in [-0.3, -0.25) is 18.8 Å². The SMILES string of the molecule is O=C(CC1NC(=O)c2ccccc2NC1=O)NCC1(Cc2nnc3ccccn23)CCCCC1. The molecule has 1 aliphatic heterocycles. The van der Waals surface area contributed by atoms with Gasteiger partial charge in [0.1, 0.15) is 11.9 Å². The predicted octanol–water partition coefficient (Wildman–Crippen LogP) is 2.48. The van der Waals surface area contributed by atoms with Gasteiger partial charge >= 0.3 is 0 Å². The molecule has 1 aromatic carbocycles. The number of rotatable bonds is 6. The maximum absolute atomic E-state index is 12.9. The molecule has 0 radical (unpaired) electrons. The van der Waals surface area contributed by atoms with Gasteiger partial charge in [0.05, 0.1) is 17.7 Å². The van der Waals surface area contributed by atoms with Crippen LogP contribution in [0.15, 0.2) is 48.7 Å². The lowest BCUT2D eigenvalue weighted by molar-refractivity contribution is -0.126. The van der Waals surface area contributed by atoms with Crippen LogP contribution in [-0.2, 0) is 16.0 Å². The van der Waals surface area contributed by atoms with Crippen molar-refractivity contribution in [2.45, 2.75) is 51.0 Å². The van der Waals surface area contributed by atoms with Gasteiger partial charge in [0, 0.05) is 19.2 Å². The first-order chi connectivity index (χ1) is 16.5. The standard InChI is InChI=1S/C25H28N6O3/c32-22(14-19-24(34)27-18-9-3-2-8-17(18)23(33)28-19)26-16-25(11-5-1-6-12-25)15-21-30-29-20-10-4-7-13-31(20)21/h2-4,7-10,13,19H,1,5-6,11-12,14-16H2,(H,26,32)(H,27,34)(H,28,33). The Kier molecular flexibility index (Phi) is 6.00. The normalized spacial score (nSPS) is 19.6. The van der Waals surface area contributed by atoms with E-state index in [2.05, 4.69) is 26.1 Å². The van der Waals surface area contributed by atoms with Crippen LogP contribution < -0.4 is 16.0 Å². The predicted molar refractivity (Wildman–Crippen MR) is 126 cm³/mol. The lowest BCUT2D eigenvalue weighted by Crippen LogP contribution is -2.46. The maximum Gasteiger partial charge on any atom is 0.254 e. The van der Waals surface area contributed by atoms with Crippen LogP contribution in [0.3, 0.4) is 0 Å². The van der Waals surface area contributed by atoms with E-state index >= 15 is 0 Å². The third-order valence-electron chi connectivity index (χ3n) is 6.93. The molecule has 0 spiro atoms. The van der Waals surface area contributed by atoms with E-state index in [0.717, 1.165) is 37.2 Å². The summed E-state index contributed by atoms with van der Waals surface area (Å²) in [7, 11) is 0. The van der Waals surface area contributed by atoms with Crippen molar-refractivity contribution in [1.29, 1.82) is 0 Å². The summed E-state index contributed by atoms with van der Waals surface area (Å²) in [6.45, 7) is 0.496. The molecule has 5 rings (SSSR count). The van der Waals surface area contributed by atoms with Crippen LogP contribution >= 0.6 is 0 Å². The number of amides is 3. The third kappa shape index (κ3) is 4.50. The Morgan fingerprint density at radius 1 is 1.06 bits per heavy atom. The molecule has 2 aliphatic rings. The van der Waals surface area contributed by atoms with Crippen LogP contribution in [0, 0.1) is 5.41 Å². The minimum atomic E-state index is -0.928. The molecule has 1 fully saturated rings. The second-order valence-corrected chi connectivity index (χ2v) is 9.32. The van der Waals surface area contributed by atoms with Gasteiger partial charge in [0.15, 0.2) is 5.65 Å². The number of benzene rings is 1. The molecule has 1 aliphatic carbocycles. The molecule has 176 valence electrons. The Balaban J connectivity index is 1.25. The first-order valence-electron chi connectivity index (χ1n) is 11.8. The highest BCUT2D eigenvalue weighted by Crippen LogP contribution is 2.38. The van der Waals surface area contributed by atoms with Crippen molar-refractivity contribution in [3.05, 3.63) is 60.0 Å². The van der Waals surface area contributed by atoms with Gasteiger partial charge in [-0.1, -0.05) is 37.5 Å². The Labute approximate surface area is 197 Å². The van der Waals surface area contributed by atoms with Gasteiger partial charge in [-0.2, -0.15) is 0 Å². The van der Waals surface area contributed by atoms with Gasteiger partial charge in [0.2, 0.25) is 11.8 Å². The van der Waals surface area contributed by atoms with Gasteiger partial charge in [-0.15, -0.1) is 10.2 Å². The number of nitrogens with zero attached hydrogens (tertiary/aromatic N) is 3. The number of nitrogens with one attached hydrogen (secondary N) is 3. The van der Waals surface area contributed by atoms with Crippen molar-refractivity contribution in [3.63, 3.8) is 0 Å². The molecule has 3 N–H and O–H groups in total. The molecule has 34 heavy (non-hydrogen) atoms. The first-order valence-corrected chi connectivity index (χ1v) is 11.8. The first kappa shape index (κ1) is 22.1. The van der Waals surface area contributed by atoms with Crippen LogP contribution in [0.2, 0.25) is 0 Å². The Bertz CT molecular complexity index is 1230. The van der Waals surface area contributed by atoms with E-state index in [4.69, 9.17) is 0 Å². The van der Waals surface area contributed by atoms with Gasteiger partial charge in [-0.25, -0.2) is 0 Å². The smallest absolute Gasteiger partial charge is 0.254 e. The highest BCUT2D eigenvalue weighted by Gasteiger charge is 2.35. The largest absolute Gasteiger partial charge is 0.355 e. The van der Waals surface area contributed by atoms with Crippen molar-refractivity contribution in [3.8, 4) is 0 Å². The molecule has 0 saturated heterocycles. The van der Waals surface area contributed by atoms with E-state index in [9.17, 15) is 14.4 Å². The minimum absolute atomic E-state index is 0.113. The summed E-state index contributed by atoms with van der Waals surface area (Å²) in [4.78, 5) is 38.0. The monoisotopic (exact) mass is 460 g/mol. The minimum Gasteiger partial charge on any atom is -0.355 e. The van der Waals surface area contributed by atoms with Crippen molar-refractivity contribution >= 4 is 29.1 Å². The number of para-hydroxylation sites is 1. The maximum atomic E-state index is 12.9. The fourth-order valence-corrected chi connectivity index (χ4v) is 5.06. The molecule has 9 nitrogen and oxygen atoms in total. The highest BCUT2D eigenvalue weighted by molar-refractivity contribution is 6.10. The Hall–Kier alpha value is -3.75. The van der Waals surface area contributed by atoms with E-state index in [-0.39, 0.29) is 23.7 Å². The molecule has 3 amide bonds. The summed E-state index contributed by atoms with van der Waals surface area (Å²) in [6.07, 6.45) is 7.94. The average Bonchev–Trinajstić information content (AvgIpc) is 3.20. The van der Waals surface area contributed by atoms with Crippen molar-refractivity contribution in [2.24, 2.45) is 5.41 Å². The zero-order chi connectivity index (χ0) is 23.5. The highest BCUT2D eigenvalue weighted by atomic mass is 16.2. The van der Waals surface area contributed by atoms with Crippen LogP contribution in [-0.4, -0.2) is 44.9 Å². The summed E-state index contributed by atoms with van der Waals surface area (Å²) < 4.78 is 2.00. The number of hydrogen-bond acceptors (Lipinski definition) is 5. The Morgan fingerprint density at radius 3 is 2.71 bits per heavy atom. The van der Waals surface area contributed by atoms with Crippen molar-refractivity contribution < 1.29 is 14.4 Å². The van der Waals surface area contributed by atoms with E-state index in [1.165, 1.54) is 6.42 Å². The zero-order valence-corrected chi connectivity index (χ0v) is 18.9. The van der Waals surface area contributed by atoms with Crippen molar-refractivity contribution in [2.75, 3.05) is 11.9 Å². The summed E-state index contributed by atoms with van der Waals surface area (Å²) in [5, 5.41) is 17.2. The number of fused-ring (bicyclic) bond motifs is 2. The fourth-order valence-electron chi connectivity index (χ4n) is 5.06. The zero-order valence-electron chi connectivity index (χ0n) is 18.9. The molecular weight excluding hydrogens is 432 g/mol. The summed E-state index contributed by atoms with van der Waals surface area (Å²) in [5.74, 6) is -0.132. The van der Waals surface area contributed by atoms with E-state index in [0.29, 0.717) is 24.2 Å². The fraction of sp³-hybridized carbons (Fsp3) is 0.400. The lowest BCUT2D eigenvalue weighted by Gasteiger charge is -2.37. The number of hydrogen-bond donors (Lipinski definition) is 3. The molecular formula is C25H28N6O3. The lowest BCUT2D eigenvalue weighted by atomic mass is 9.71. The molecule has 0 bridgehead atoms. The van der Waals surface area contributed by atoms with Crippen LogP contribution in [0.25, 0.3) is 5.65 Å². The Morgan fingerprint density at radius 2 is 1.85 bits per heavy atom. The number of anilines is 1. The molecule has 9 heteroatoms. The van der Waals surface area contributed by atoms with Gasteiger partial charge < -0.3 is 16.0 Å². The van der Waals surface area contributed by atoms with Crippen LogP contribution in [0.4, 0.5) is 5.69 Å².